The zero-order chi connectivity index (χ0) is 15.2. The van der Waals surface area contributed by atoms with Gasteiger partial charge in [-0.2, -0.15) is 0 Å². The van der Waals surface area contributed by atoms with E-state index in [-0.39, 0.29) is 5.91 Å². The van der Waals surface area contributed by atoms with Crippen LogP contribution in [-0.2, 0) is 4.79 Å². The van der Waals surface area contributed by atoms with Crippen LogP contribution in [0.15, 0.2) is 4.99 Å². The van der Waals surface area contributed by atoms with Gasteiger partial charge in [0.15, 0.2) is 5.17 Å². The number of piperidine rings is 1. The molecule has 1 amide bonds. The zero-order valence-corrected chi connectivity index (χ0v) is 14.2. The Hall–Kier alpha value is -0.710. The van der Waals surface area contributed by atoms with E-state index in [0.717, 1.165) is 25.7 Å². The lowest BCUT2D eigenvalue weighted by molar-refractivity contribution is -0.134. The molecule has 2 N–H and O–H groups in total. The minimum atomic E-state index is 0.210. The average molecular weight is 311 g/mol. The van der Waals surface area contributed by atoms with E-state index < -0.39 is 0 Å². The number of rotatable bonds is 3. The number of amides is 1. The van der Waals surface area contributed by atoms with Gasteiger partial charge < -0.3 is 10.6 Å². The van der Waals surface area contributed by atoms with Gasteiger partial charge in [0.25, 0.3) is 0 Å². The maximum atomic E-state index is 12.4. The van der Waals surface area contributed by atoms with E-state index in [0.29, 0.717) is 29.0 Å². The fraction of sp³-hybridized carbons (Fsp3) is 0.875. The first kappa shape index (κ1) is 16.7. The topological polar surface area (TPSA) is 58.7 Å². The van der Waals surface area contributed by atoms with Crippen LogP contribution in [0.2, 0.25) is 0 Å². The number of likely N-dealkylation sites (tertiary alicyclic amines) is 1. The third kappa shape index (κ3) is 4.90. The number of nitrogens with zero attached hydrogens (tertiary/aromatic N) is 2. The third-order valence-corrected chi connectivity index (χ3v) is 5.50. The van der Waals surface area contributed by atoms with Crippen molar-refractivity contribution in [3.8, 4) is 0 Å². The highest BCUT2D eigenvalue weighted by atomic mass is 32.2. The first-order chi connectivity index (χ1) is 10.1. The fourth-order valence-corrected chi connectivity index (χ4v) is 4.19. The highest BCUT2D eigenvalue weighted by molar-refractivity contribution is 8.14. The van der Waals surface area contributed by atoms with E-state index in [1.165, 1.54) is 37.4 Å². The lowest BCUT2D eigenvalue weighted by Crippen LogP contribution is -2.48. The third-order valence-electron chi connectivity index (χ3n) is 4.71. The van der Waals surface area contributed by atoms with Crippen LogP contribution in [-0.4, -0.2) is 39.9 Å². The number of amidine groups is 1. The molecule has 21 heavy (non-hydrogen) atoms. The smallest absolute Gasteiger partial charge is 0.233 e. The lowest BCUT2D eigenvalue weighted by Gasteiger charge is -2.39. The summed E-state index contributed by atoms with van der Waals surface area (Å²) < 4.78 is 0. The first-order valence-electron chi connectivity index (χ1n) is 8.35. The molecule has 1 aliphatic heterocycles. The molecule has 1 saturated carbocycles. The van der Waals surface area contributed by atoms with E-state index >= 15 is 0 Å². The van der Waals surface area contributed by atoms with E-state index in [9.17, 15) is 4.79 Å². The number of hydrogen-bond acceptors (Lipinski definition) is 3. The molecule has 2 fully saturated rings. The van der Waals surface area contributed by atoms with Crippen LogP contribution < -0.4 is 5.73 Å². The van der Waals surface area contributed by atoms with Crippen molar-refractivity contribution < 1.29 is 4.79 Å². The Kier molecular flexibility index (Phi) is 6.40. The largest absolute Gasteiger partial charge is 0.379 e. The van der Waals surface area contributed by atoms with Crippen molar-refractivity contribution in [2.45, 2.75) is 83.3 Å². The predicted molar refractivity (Wildman–Crippen MR) is 90.6 cm³/mol. The second-order valence-corrected chi connectivity index (χ2v) is 7.47. The van der Waals surface area contributed by atoms with Gasteiger partial charge in [-0.15, -0.1) is 0 Å². The van der Waals surface area contributed by atoms with Gasteiger partial charge in [0.1, 0.15) is 0 Å². The molecule has 1 saturated heterocycles. The van der Waals surface area contributed by atoms with Crippen molar-refractivity contribution >= 4 is 22.8 Å². The molecule has 1 heterocycles. The number of carbonyl (C=O) groups is 1. The summed E-state index contributed by atoms with van der Waals surface area (Å²) in [6.45, 7) is 4.30. The zero-order valence-electron chi connectivity index (χ0n) is 13.4. The summed E-state index contributed by atoms with van der Waals surface area (Å²) in [4.78, 5) is 19.0. The highest BCUT2D eigenvalue weighted by Gasteiger charge is 2.28. The molecule has 0 spiro atoms. The summed E-state index contributed by atoms with van der Waals surface area (Å²) in [7, 11) is 0. The molecule has 0 aromatic carbocycles. The van der Waals surface area contributed by atoms with Gasteiger partial charge in [0, 0.05) is 12.1 Å². The number of nitrogens with two attached hydrogens (primary N) is 1. The Labute approximate surface area is 132 Å². The molecule has 0 aromatic heterocycles. The summed E-state index contributed by atoms with van der Waals surface area (Å²) in [5.74, 6) is 0.637. The van der Waals surface area contributed by atoms with Crippen molar-refractivity contribution in [3.63, 3.8) is 0 Å². The van der Waals surface area contributed by atoms with Crippen molar-refractivity contribution in [2.24, 2.45) is 10.7 Å². The summed E-state index contributed by atoms with van der Waals surface area (Å²) in [6.07, 6.45) is 9.60. The molecule has 0 bridgehead atoms. The molecule has 0 radical (unpaired) electrons. The number of aliphatic imine (C=N–C) groups is 1. The normalized spacial score (nSPS) is 28.7. The van der Waals surface area contributed by atoms with Crippen molar-refractivity contribution in [1.29, 1.82) is 0 Å². The van der Waals surface area contributed by atoms with Gasteiger partial charge in [-0.1, -0.05) is 31.0 Å². The van der Waals surface area contributed by atoms with Crippen LogP contribution in [0.1, 0.15) is 65.2 Å². The summed E-state index contributed by atoms with van der Waals surface area (Å²) in [6, 6.07) is 1.10. The van der Waals surface area contributed by atoms with Crippen LogP contribution in [0.3, 0.4) is 0 Å². The van der Waals surface area contributed by atoms with Gasteiger partial charge in [-0.3, -0.25) is 9.79 Å². The number of thioether (sulfide) groups is 1. The Bertz CT molecular complexity index is 370. The van der Waals surface area contributed by atoms with Gasteiger partial charge in [0.2, 0.25) is 5.91 Å². The van der Waals surface area contributed by atoms with Crippen LogP contribution >= 0.6 is 11.8 Å². The van der Waals surface area contributed by atoms with E-state index in [4.69, 9.17) is 5.73 Å². The molecule has 120 valence electrons. The Morgan fingerprint density at radius 3 is 2.33 bits per heavy atom. The summed E-state index contributed by atoms with van der Waals surface area (Å²) in [5, 5.41) is 0.590. The molecule has 1 aliphatic carbocycles. The molecule has 4 nitrogen and oxygen atoms in total. The second-order valence-electron chi connectivity index (χ2n) is 6.48. The second kappa shape index (κ2) is 8.06. The maximum absolute atomic E-state index is 12.4. The average Bonchev–Trinajstić information content (AvgIpc) is 2.46. The SMILES string of the molecule is C[C@@H]1CCC[C@H](C)N1C(=O)CSC(N)=NC1CCCCC1. The summed E-state index contributed by atoms with van der Waals surface area (Å²) in [5.41, 5.74) is 5.99. The van der Waals surface area contributed by atoms with Crippen LogP contribution in [0, 0.1) is 0 Å². The number of carbonyl (C=O) groups excluding carboxylic acids is 1. The van der Waals surface area contributed by atoms with E-state index in [2.05, 4.69) is 18.8 Å². The van der Waals surface area contributed by atoms with E-state index in [1.54, 1.807) is 0 Å². The van der Waals surface area contributed by atoms with Crippen molar-refractivity contribution in [1.82, 2.24) is 4.90 Å². The molecular weight excluding hydrogens is 282 g/mol. The van der Waals surface area contributed by atoms with E-state index in [1.807, 2.05) is 4.90 Å². The number of hydrogen-bond donors (Lipinski definition) is 1. The predicted octanol–water partition coefficient (Wildman–Crippen LogP) is 3.16. The van der Waals surface area contributed by atoms with Crippen LogP contribution in [0.5, 0.6) is 0 Å². The van der Waals surface area contributed by atoms with Crippen LogP contribution in [0.4, 0.5) is 0 Å². The van der Waals surface area contributed by atoms with Gasteiger partial charge in [0.05, 0.1) is 11.8 Å². The Balaban J connectivity index is 1.80. The Morgan fingerprint density at radius 1 is 1.10 bits per heavy atom. The molecule has 2 atom stereocenters. The first-order valence-corrected chi connectivity index (χ1v) is 9.33. The van der Waals surface area contributed by atoms with Gasteiger partial charge in [-0.25, -0.2) is 0 Å². The highest BCUT2D eigenvalue weighted by Crippen LogP contribution is 2.24. The minimum Gasteiger partial charge on any atom is -0.379 e. The van der Waals surface area contributed by atoms with Crippen molar-refractivity contribution in [3.05, 3.63) is 0 Å². The molecule has 0 aromatic rings. The van der Waals surface area contributed by atoms with Crippen LogP contribution in [0.25, 0.3) is 0 Å². The lowest BCUT2D eigenvalue weighted by atomic mass is 9.96. The quantitative estimate of drug-likeness (QED) is 0.643. The minimum absolute atomic E-state index is 0.210. The van der Waals surface area contributed by atoms with Gasteiger partial charge in [-0.05, 0) is 46.0 Å². The van der Waals surface area contributed by atoms with Gasteiger partial charge >= 0.3 is 0 Å². The molecule has 0 unspecified atom stereocenters. The monoisotopic (exact) mass is 311 g/mol. The molecule has 2 rings (SSSR count). The maximum Gasteiger partial charge on any atom is 0.233 e. The summed E-state index contributed by atoms with van der Waals surface area (Å²) >= 11 is 1.41. The Morgan fingerprint density at radius 2 is 1.71 bits per heavy atom. The standard InChI is InChI=1S/C16H29N3OS/c1-12-7-6-8-13(2)19(12)15(20)11-21-16(17)18-14-9-4-3-5-10-14/h12-14H,3-11H2,1-2H3,(H2,17,18)/t12-,13+. The molecule has 5 heteroatoms. The fourth-order valence-electron chi connectivity index (χ4n) is 3.55. The van der Waals surface area contributed by atoms with Crippen molar-refractivity contribution in [2.75, 3.05) is 5.75 Å². The molecular formula is C16H29N3OS. The molecule has 2 aliphatic rings.